The van der Waals surface area contributed by atoms with Crippen molar-refractivity contribution in [2.75, 3.05) is 6.61 Å². The SMILES string of the molecule is O=c1[nH]cc([C@@H]2O[C@H](COP(O)(O)=S)[C@H](O)C2O)c(=O)[nH]1. The third kappa shape index (κ3) is 3.84. The monoisotopic (exact) mass is 340 g/mol. The Kier molecular flexibility index (Phi) is 4.76. The minimum atomic E-state index is -3.93. The number of ether oxygens (including phenoxy) is 1. The van der Waals surface area contributed by atoms with E-state index in [1.54, 1.807) is 0 Å². The van der Waals surface area contributed by atoms with E-state index in [2.05, 4.69) is 21.3 Å². The fraction of sp³-hybridized carbons (Fsp3) is 0.556. The molecule has 6 N–H and O–H groups in total. The number of hydrogen-bond donors (Lipinski definition) is 6. The van der Waals surface area contributed by atoms with Crippen LogP contribution in [0.1, 0.15) is 11.7 Å². The minimum Gasteiger partial charge on any atom is -0.387 e. The first-order valence-electron chi connectivity index (χ1n) is 5.72. The molecule has 21 heavy (non-hydrogen) atoms. The second kappa shape index (κ2) is 6.07. The Bertz CT molecular complexity index is 668. The first kappa shape index (κ1) is 16.5. The largest absolute Gasteiger partial charge is 0.387 e. The highest BCUT2D eigenvalue weighted by atomic mass is 32.5. The number of aromatic nitrogens is 2. The summed E-state index contributed by atoms with van der Waals surface area (Å²) in [5.41, 5.74) is -1.58. The van der Waals surface area contributed by atoms with Crippen LogP contribution in [0.15, 0.2) is 15.8 Å². The van der Waals surface area contributed by atoms with Crippen LogP contribution in [0.3, 0.4) is 0 Å². The van der Waals surface area contributed by atoms with Crippen molar-refractivity contribution in [3.8, 4) is 0 Å². The Morgan fingerprint density at radius 1 is 1.33 bits per heavy atom. The number of aromatic amines is 2. The summed E-state index contributed by atoms with van der Waals surface area (Å²) in [4.78, 5) is 44.6. The van der Waals surface area contributed by atoms with Crippen LogP contribution in [-0.4, -0.2) is 54.9 Å². The number of aliphatic hydroxyl groups excluding tert-OH is 2. The lowest BCUT2D eigenvalue weighted by Gasteiger charge is -2.16. The van der Waals surface area contributed by atoms with Crippen LogP contribution in [0.4, 0.5) is 0 Å². The zero-order valence-corrected chi connectivity index (χ0v) is 12.1. The summed E-state index contributed by atoms with van der Waals surface area (Å²) in [6.07, 6.45) is -4.14. The van der Waals surface area contributed by atoms with Crippen molar-refractivity contribution in [1.29, 1.82) is 0 Å². The van der Waals surface area contributed by atoms with Crippen molar-refractivity contribution in [3.05, 3.63) is 32.6 Å². The highest BCUT2D eigenvalue weighted by Gasteiger charge is 2.45. The van der Waals surface area contributed by atoms with Crippen molar-refractivity contribution >= 4 is 18.5 Å². The molecule has 0 amide bonds. The molecule has 1 aromatic heterocycles. The third-order valence-electron chi connectivity index (χ3n) is 2.92. The maximum atomic E-state index is 11.6. The Morgan fingerprint density at radius 3 is 2.57 bits per heavy atom. The van der Waals surface area contributed by atoms with Crippen molar-refractivity contribution in [2.45, 2.75) is 24.4 Å². The minimum absolute atomic E-state index is 0.0870. The van der Waals surface area contributed by atoms with Crippen molar-refractivity contribution < 1.29 is 29.3 Å². The number of H-pyrrole nitrogens is 2. The van der Waals surface area contributed by atoms with Crippen LogP contribution >= 0.6 is 6.72 Å². The summed E-state index contributed by atoms with van der Waals surface area (Å²) >= 11 is 4.25. The lowest BCUT2D eigenvalue weighted by Crippen LogP contribution is -2.34. The fourth-order valence-corrected chi connectivity index (χ4v) is 2.47. The molecule has 4 atom stereocenters. The molecule has 118 valence electrons. The normalized spacial score (nSPS) is 29.7. The van der Waals surface area contributed by atoms with Gasteiger partial charge in [-0.25, -0.2) is 4.79 Å². The van der Waals surface area contributed by atoms with Gasteiger partial charge in [0.2, 0.25) is 0 Å². The summed E-state index contributed by atoms with van der Waals surface area (Å²) in [5.74, 6) is 0. The van der Waals surface area contributed by atoms with Crippen LogP contribution < -0.4 is 11.2 Å². The van der Waals surface area contributed by atoms with Gasteiger partial charge in [0.1, 0.15) is 24.4 Å². The zero-order chi connectivity index (χ0) is 15.8. The van der Waals surface area contributed by atoms with Gasteiger partial charge in [-0.3, -0.25) is 9.78 Å². The molecule has 2 rings (SSSR count). The molecule has 12 heteroatoms. The third-order valence-corrected chi connectivity index (χ3v) is 3.73. The Morgan fingerprint density at radius 2 is 2.00 bits per heavy atom. The summed E-state index contributed by atoms with van der Waals surface area (Å²) in [6.45, 7) is -4.40. The Hall–Kier alpha value is -0.910. The van der Waals surface area contributed by atoms with Crippen LogP contribution in [-0.2, 0) is 21.1 Å². The van der Waals surface area contributed by atoms with Crippen LogP contribution in [0.2, 0.25) is 0 Å². The number of aliphatic hydroxyl groups is 2. The van der Waals surface area contributed by atoms with Gasteiger partial charge in [0.05, 0.1) is 12.2 Å². The van der Waals surface area contributed by atoms with Gasteiger partial charge in [0.15, 0.2) is 0 Å². The molecule has 0 radical (unpaired) electrons. The molecule has 1 saturated heterocycles. The van der Waals surface area contributed by atoms with E-state index in [9.17, 15) is 19.8 Å². The van der Waals surface area contributed by atoms with Gasteiger partial charge in [-0.2, -0.15) is 0 Å². The highest BCUT2D eigenvalue weighted by Crippen LogP contribution is 2.39. The van der Waals surface area contributed by atoms with Crippen LogP contribution in [0.25, 0.3) is 0 Å². The predicted octanol–water partition coefficient (Wildman–Crippen LogP) is -2.55. The molecule has 1 aliphatic rings. The van der Waals surface area contributed by atoms with Gasteiger partial charge in [-0.05, 0) is 11.8 Å². The summed E-state index contributed by atoms with van der Waals surface area (Å²) in [7, 11) is 0. The van der Waals surface area contributed by atoms with Crippen molar-refractivity contribution in [2.24, 2.45) is 0 Å². The summed E-state index contributed by atoms with van der Waals surface area (Å²) < 4.78 is 9.83. The predicted molar refractivity (Wildman–Crippen MR) is 72.0 cm³/mol. The van der Waals surface area contributed by atoms with Gasteiger partial charge in [-0.1, -0.05) is 0 Å². The summed E-state index contributed by atoms with van der Waals surface area (Å²) in [6, 6.07) is 0. The first-order chi connectivity index (χ1) is 9.69. The fourth-order valence-electron chi connectivity index (χ4n) is 1.95. The van der Waals surface area contributed by atoms with Gasteiger partial charge in [0.25, 0.3) is 5.56 Å². The van der Waals surface area contributed by atoms with E-state index < -0.39 is 49.0 Å². The van der Waals surface area contributed by atoms with Gasteiger partial charge < -0.3 is 34.2 Å². The number of hydrogen-bond acceptors (Lipinski definition) is 7. The smallest absolute Gasteiger partial charge is 0.325 e. The molecular weight excluding hydrogens is 327 g/mol. The Labute approximate surface area is 122 Å². The molecule has 0 aromatic carbocycles. The molecule has 1 aliphatic heterocycles. The molecule has 1 unspecified atom stereocenters. The van der Waals surface area contributed by atoms with Crippen LogP contribution in [0.5, 0.6) is 0 Å². The molecule has 0 bridgehead atoms. The van der Waals surface area contributed by atoms with Gasteiger partial charge >= 0.3 is 12.4 Å². The zero-order valence-electron chi connectivity index (χ0n) is 10.4. The lowest BCUT2D eigenvalue weighted by atomic mass is 10.0. The molecule has 2 heterocycles. The molecule has 0 saturated carbocycles. The van der Waals surface area contributed by atoms with Crippen molar-refractivity contribution in [3.63, 3.8) is 0 Å². The topological polar surface area (TPSA) is 165 Å². The number of nitrogens with one attached hydrogen (secondary N) is 2. The molecule has 1 aromatic rings. The molecule has 1 fully saturated rings. The lowest BCUT2D eigenvalue weighted by molar-refractivity contribution is -0.0197. The van der Waals surface area contributed by atoms with E-state index in [4.69, 9.17) is 14.5 Å². The van der Waals surface area contributed by atoms with E-state index in [1.165, 1.54) is 0 Å². The van der Waals surface area contributed by atoms with E-state index in [1.807, 2.05) is 4.98 Å². The molecule has 10 nitrogen and oxygen atoms in total. The van der Waals surface area contributed by atoms with E-state index in [0.29, 0.717) is 0 Å². The van der Waals surface area contributed by atoms with Gasteiger partial charge in [0, 0.05) is 6.20 Å². The summed E-state index contributed by atoms with van der Waals surface area (Å²) in [5, 5.41) is 19.7. The maximum Gasteiger partial charge on any atom is 0.325 e. The van der Waals surface area contributed by atoms with E-state index in [0.717, 1.165) is 6.20 Å². The van der Waals surface area contributed by atoms with E-state index >= 15 is 0 Å². The second-order valence-electron chi connectivity index (χ2n) is 4.39. The van der Waals surface area contributed by atoms with E-state index in [-0.39, 0.29) is 5.56 Å². The Balaban J connectivity index is 2.18. The first-order valence-corrected chi connectivity index (χ1v) is 8.35. The average Bonchev–Trinajstić information content (AvgIpc) is 2.64. The quantitative estimate of drug-likeness (QED) is 0.324. The average molecular weight is 340 g/mol. The highest BCUT2D eigenvalue weighted by molar-refractivity contribution is 8.06. The van der Waals surface area contributed by atoms with Gasteiger partial charge in [-0.15, -0.1) is 0 Å². The molecule has 0 spiro atoms. The molecule has 0 aliphatic carbocycles. The van der Waals surface area contributed by atoms with Crippen LogP contribution in [0, 0.1) is 0 Å². The maximum absolute atomic E-state index is 11.6. The second-order valence-corrected chi connectivity index (χ2v) is 7.06. The number of rotatable bonds is 4. The standard InChI is InChI=1S/C9H13N2O8PS/c12-5-4(2-18-20(16,17)21)19-7(6(5)13)3-1-10-9(15)11-8(3)14/h1,4-7,12-13H,2H2,(H2,16,17,21)(H2,10,11,14,15)/t4-,5+,6?,7+/m1/s1. The van der Waals surface area contributed by atoms with Crippen molar-refractivity contribution in [1.82, 2.24) is 9.97 Å². The molecular formula is C9H13N2O8PS.